The van der Waals surface area contributed by atoms with Crippen molar-refractivity contribution in [3.05, 3.63) is 35.6 Å². The number of furan rings is 1. The van der Waals surface area contributed by atoms with Crippen molar-refractivity contribution in [2.75, 3.05) is 27.4 Å². The minimum Gasteiger partial charge on any atom is -0.486 e. The number of carbonyl (C=O) groups is 3. The molecular weight excluding hydrogens is 394 g/mol. The van der Waals surface area contributed by atoms with Crippen molar-refractivity contribution >= 4 is 17.8 Å². The Morgan fingerprint density at radius 1 is 1.07 bits per heavy atom. The van der Waals surface area contributed by atoms with Gasteiger partial charge in [0, 0.05) is 12.0 Å². The first-order valence-electron chi connectivity index (χ1n) is 9.39. The SMILES string of the molecule is COC(=O)CC[C@@H](NC(=O)c1cc(-c2ccc3c(c2)OCCO3)oc1C)C(=O)OC. The summed E-state index contributed by atoms with van der Waals surface area (Å²) in [6.45, 7) is 2.60. The second kappa shape index (κ2) is 9.34. The van der Waals surface area contributed by atoms with Gasteiger partial charge in [-0.3, -0.25) is 9.59 Å². The van der Waals surface area contributed by atoms with Gasteiger partial charge >= 0.3 is 11.9 Å². The molecule has 9 nitrogen and oxygen atoms in total. The number of rotatable bonds is 7. The lowest BCUT2D eigenvalue weighted by Crippen LogP contribution is -2.42. The molecule has 1 aromatic carbocycles. The Morgan fingerprint density at radius 3 is 2.50 bits per heavy atom. The molecule has 0 saturated heterocycles. The van der Waals surface area contributed by atoms with Crippen LogP contribution in [0.4, 0.5) is 0 Å². The van der Waals surface area contributed by atoms with E-state index in [2.05, 4.69) is 10.1 Å². The number of hydrogen-bond donors (Lipinski definition) is 1. The Bertz CT molecular complexity index is 948. The van der Waals surface area contributed by atoms with E-state index in [1.165, 1.54) is 14.2 Å². The number of nitrogens with one attached hydrogen (secondary N) is 1. The van der Waals surface area contributed by atoms with Crippen LogP contribution >= 0.6 is 0 Å². The molecular formula is C21H23NO8. The van der Waals surface area contributed by atoms with Crippen molar-refractivity contribution in [2.24, 2.45) is 0 Å². The van der Waals surface area contributed by atoms with Gasteiger partial charge < -0.3 is 28.7 Å². The van der Waals surface area contributed by atoms with Crippen molar-refractivity contribution in [3.63, 3.8) is 0 Å². The fourth-order valence-corrected chi connectivity index (χ4v) is 3.04. The zero-order valence-corrected chi connectivity index (χ0v) is 17.0. The van der Waals surface area contributed by atoms with E-state index in [1.807, 2.05) is 0 Å². The van der Waals surface area contributed by atoms with Gasteiger partial charge in [0.05, 0.1) is 19.8 Å². The van der Waals surface area contributed by atoms with Crippen LogP contribution in [0.1, 0.15) is 29.0 Å². The van der Waals surface area contributed by atoms with Gasteiger partial charge in [-0.1, -0.05) is 0 Å². The van der Waals surface area contributed by atoms with Gasteiger partial charge in [-0.25, -0.2) is 4.79 Å². The van der Waals surface area contributed by atoms with Crippen LogP contribution in [0, 0.1) is 6.92 Å². The fraction of sp³-hybridized carbons (Fsp3) is 0.381. The van der Waals surface area contributed by atoms with Crippen molar-refractivity contribution in [3.8, 4) is 22.8 Å². The minimum atomic E-state index is -0.992. The third kappa shape index (κ3) is 4.73. The summed E-state index contributed by atoms with van der Waals surface area (Å²) in [5.41, 5.74) is 0.989. The Balaban J connectivity index is 1.77. The second-order valence-electron chi connectivity index (χ2n) is 6.60. The molecule has 1 N–H and O–H groups in total. The average Bonchev–Trinajstić information content (AvgIpc) is 3.17. The number of amides is 1. The summed E-state index contributed by atoms with van der Waals surface area (Å²) < 4.78 is 26.1. The molecule has 160 valence electrons. The van der Waals surface area contributed by atoms with Crippen LogP contribution in [-0.2, 0) is 19.1 Å². The van der Waals surface area contributed by atoms with Gasteiger partial charge in [0.2, 0.25) is 0 Å². The van der Waals surface area contributed by atoms with Gasteiger partial charge in [-0.05, 0) is 37.6 Å². The number of carbonyl (C=O) groups excluding carboxylic acids is 3. The van der Waals surface area contributed by atoms with Crippen LogP contribution in [0.15, 0.2) is 28.7 Å². The molecule has 0 aliphatic carbocycles. The third-order valence-corrected chi connectivity index (χ3v) is 4.64. The van der Waals surface area contributed by atoms with Crippen LogP contribution in [-0.4, -0.2) is 51.3 Å². The van der Waals surface area contributed by atoms with E-state index in [4.69, 9.17) is 18.6 Å². The molecule has 1 aromatic heterocycles. The molecule has 0 radical (unpaired) electrons. The Kier molecular flexibility index (Phi) is 6.61. The molecule has 2 aromatic rings. The number of esters is 2. The third-order valence-electron chi connectivity index (χ3n) is 4.64. The Hall–Kier alpha value is -3.49. The predicted molar refractivity (Wildman–Crippen MR) is 104 cm³/mol. The van der Waals surface area contributed by atoms with Gasteiger partial charge in [0.15, 0.2) is 11.5 Å². The fourth-order valence-electron chi connectivity index (χ4n) is 3.04. The Morgan fingerprint density at radius 2 is 1.80 bits per heavy atom. The minimum absolute atomic E-state index is 0.0383. The molecule has 0 fully saturated rings. The monoisotopic (exact) mass is 417 g/mol. The largest absolute Gasteiger partial charge is 0.486 e. The Labute approximate surface area is 173 Å². The maximum absolute atomic E-state index is 12.7. The van der Waals surface area contributed by atoms with Crippen LogP contribution < -0.4 is 14.8 Å². The molecule has 30 heavy (non-hydrogen) atoms. The number of aryl methyl sites for hydroxylation is 1. The van der Waals surface area contributed by atoms with Crippen molar-refractivity contribution in [1.82, 2.24) is 5.32 Å². The quantitative estimate of drug-likeness (QED) is 0.683. The molecule has 1 aliphatic rings. The van der Waals surface area contributed by atoms with Gasteiger partial charge in [-0.15, -0.1) is 0 Å². The topological polar surface area (TPSA) is 113 Å². The zero-order chi connectivity index (χ0) is 21.7. The summed E-state index contributed by atoms with van der Waals surface area (Å²) >= 11 is 0. The normalized spacial score (nSPS) is 13.3. The molecule has 1 aliphatic heterocycles. The molecule has 2 heterocycles. The zero-order valence-electron chi connectivity index (χ0n) is 17.0. The van der Waals surface area contributed by atoms with Crippen molar-refractivity contribution < 1.29 is 37.7 Å². The van der Waals surface area contributed by atoms with E-state index in [-0.39, 0.29) is 18.4 Å². The smallest absolute Gasteiger partial charge is 0.328 e. The highest BCUT2D eigenvalue weighted by Gasteiger charge is 2.26. The van der Waals surface area contributed by atoms with Crippen molar-refractivity contribution in [2.45, 2.75) is 25.8 Å². The van der Waals surface area contributed by atoms with Gasteiger partial charge in [-0.2, -0.15) is 0 Å². The average molecular weight is 417 g/mol. The van der Waals surface area contributed by atoms with E-state index < -0.39 is 23.9 Å². The van der Waals surface area contributed by atoms with E-state index in [0.29, 0.717) is 36.2 Å². The highest BCUT2D eigenvalue weighted by atomic mass is 16.6. The first-order chi connectivity index (χ1) is 14.4. The lowest BCUT2D eigenvalue weighted by Gasteiger charge is -2.18. The summed E-state index contributed by atoms with van der Waals surface area (Å²) in [4.78, 5) is 36.1. The number of benzene rings is 1. The number of hydrogen-bond acceptors (Lipinski definition) is 8. The van der Waals surface area contributed by atoms with Crippen LogP contribution in [0.5, 0.6) is 11.5 Å². The standard InChI is InChI=1S/C21H23NO8/c1-12-14(20(24)22-15(21(25)27-3)5-7-19(23)26-2)11-17(30-12)13-4-6-16-18(10-13)29-9-8-28-16/h4,6,10-11,15H,5,7-9H2,1-3H3,(H,22,24)/t15-/m1/s1. The number of methoxy groups -OCH3 is 2. The van der Waals surface area contributed by atoms with E-state index in [0.717, 1.165) is 5.56 Å². The molecule has 1 atom stereocenters. The summed E-state index contributed by atoms with van der Waals surface area (Å²) in [5, 5.41) is 2.59. The lowest BCUT2D eigenvalue weighted by molar-refractivity contribution is -0.144. The lowest BCUT2D eigenvalue weighted by atomic mass is 10.1. The van der Waals surface area contributed by atoms with Crippen LogP contribution in [0.2, 0.25) is 0 Å². The highest BCUT2D eigenvalue weighted by Crippen LogP contribution is 2.35. The van der Waals surface area contributed by atoms with Gasteiger partial charge in [0.25, 0.3) is 5.91 Å². The molecule has 0 unspecified atom stereocenters. The van der Waals surface area contributed by atoms with Crippen LogP contribution in [0.3, 0.4) is 0 Å². The molecule has 1 amide bonds. The molecule has 0 saturated carbocycles. The first-order valence-corrected chi connectivity index (χ1v) is 9.39. The molecule has 0 bridgehead atoms. The van der Waals surface area contributed by atoms with E-state index >= 15 is 0 Å². The molecule has 3 rings (SSSR count). The summed E-state index contributed by atoms with van der Waals surface area (Å²) in [6, 6.07) is 5.96. The number of fused-ring (bicyclic) bond motifs is 1. The maximum Gasteiger partial charge on any atom is 0.328 e. The van der Waals surface area contributed by atoms with E-state index in [9.17, 15) is 14.4 Å². The summed E-state index contributed by atoms with van der Waals surface area (Å²) in [7, 11) is 2.46. The summed E-state index contributed by atoms with van der Waals surface area (Å²) in [5.74, 6) is 0.456. The predicted octanol–water partition coefficient (Wildman–Crippen LogP) is 2.25. The molecule has 9 heteroatoms. The second-order valence-corrected chi connectivity index (χ2v) is 6.60. The van der Waals surface area contributed by atoms with Gasteiger partial charge in [0.1, 0.15) is 30.8 Å². The van der Waals surface area contributed by atoms with Crippen molar-refractivity contribution in [1.29, 1.82) is 0 Å². The number of ether oxygens (including phenoxy) is 4. The van der Waals surface area contributed by atoms with Crippen LogP contribution in [0.25, 0.3) is 11.3 Å². The molecule has 0 spiro atoms. The first kappa shape index (κ1) is 21.2. The highest BCUT2D eigenvalue weighted by molar-refractivity contribution is 5.98. The maximum atomic E-state index is 12.7. The summed E-state index contributed by atoms with van der Waals surface area (Å²) in [6.07, 6.45) is 0.0143. The van der Waals surface area contributed by atoms with E-state index in [1.54, 1.807) is 31.2 Å².